The minimum Gasteiger partial charge on any atom is -0.471 e. The Morgan fingerprint density at radius 2 is 2.33 bits per heavy atom. The molecule has 2 heterocycles. The lowest BCUT2D eigenvalue weighted by Crippen LogP contribution is -2.49. The highest BCUT2D eigenvalue weighted by Gasteiger charge is 2.25. The van der Waals surface area contributed by atoms with E-state index in [9.17, 15) is 4.79 Å². The number of aromatic nitrogens is 2. The van der Waals surface area contributed by atoms with E-state index in [-0.39, 0.29) is 12.1 Å². The van der Waals surface area contributed by atoms with Crippen LogP contribution >= 0.6 is 0 Å². The number of hydrogen-bond acceptors (Lipinski definition) is 5. The summed E-state index contributed by atoms with van der Waals surface area (Å²) in [6, 6.07) is 3.59. The molecule has 0 spiro atoms. The van der Waals surface area contributed by atoms with Gasteiger partial charge in [-0.2, -0.15) is 5.10 Å². The maximum atomic E-state index is 12.0. The monoisotopic (exact) mass is 294 g/mol. The lowest BCUT2D eigenvalue weighted by atomic mass is 10.1. The van der Waals surface area contributed by atoms with Crippen LogP contribution in [0, 0.1) is 6.92 Å². The number of amides is 2. The van der Waals surface area contributed by atoms with Gasteiger partial charge in [-0.15, -0.1) is 5.10 Å². The van der Waals surface area contributed by atoms with Crippen LogP contribution in [-0.2, 0) is 4.74 Å². The second kappa shape index (κ2) is 7.78. The first-order valence-corrected chi connectivity index (χ1v) is 7.17. The van der Waals surface area contributed by atoms with Gasteiger partial charge in [0.2, 0.25) is 5.88 Å². The highest BCUT2D eigenvalue weighted by Crippen LogP contribution is 2.16. The molecule has 1 fully saturated rings. The van der Waals surface area contributed by atoms with Gasteiger partial charge in [-0.05, 0) is 25.8 Å². The summed E-state index contributed by atoms with van der Waals surface area (Å²) < 4.78 is 10.7. The minimum absolute atomic E-state index is 0.0380. The van der Waals surface area contributed by atoms with Gasteiger partial charge < -0.3 is 19.7 Å². The Kier molecular flexibility index (Phi) is 5.74. The maximum Gasteiger partial charge on any atom is 0.317 e. The zero-order valence-corrected chi connectivity index (χ0v) is 12.5. The van der Waals surface area contributed by atoms with Crippen LogP contribution in [0.2, 0.25) is 0 Å². The Morgan fingerprint density at radius 3 is 3.05 bits per heavy atom. The standard InChI is InChI=1S/C14H22N4O3/c1-11-5-6-13(17-16-11)21-12-4-3-8-18(10-12)14(19)15-7-9-20-2/h5-6,12H,3-4,7-10H2,1-2H3,(H,15,19)/t12-/m1/s1. The molecule has 0 radical (unpaired) electrons. The van der Waals surface area contributed by atoms with E-state index >= 15 is 0 Å². The first-order chi connectivity index (χ1) is 10.2. The third-order valence-corrected chi connectivity index (χ3v) is 3.31. The Labute approximate surface area is 124 Å². The number of methoxy groups -OCH3 is 1. The van der Waals surface area contributed by atoms with Crippen LogP contribution in [0.5, 0.6) is 5.88 Å². The summed E-state index contributed by atoms with van der Waals surface area (Å²) in [6.07, 6.45) is 1.79. The van der Waals surface area contributed by atoms with Crippen LogP contribution in [0.15, 0.2) is 12.1 Å². The van der Waals surface area contributed by atoms with Crippen LogP contribution in [0.4, 0.5) is 4.79 Å². The van der Waals surface area contributed by atoms with Crippen molar-refractivity contribution >= 4 is 6.03 Å². The second-order valence-electron chi connectivity index (χ2n) is 5.07. The Hall–Kier alpha value is -1.89. The fraction of sp³-hybridized carbons (Fsp3) is 0.643. The molecule has 1 aliphatic heterocycles. The van der Waals surface area contributed by atoms with Crippen molar-refractivity contribution in [3.05, 3.63) is 17.8 Å². The third kappa shape index (κ3) is 4.86. The minimum atomic E-state index is -0.0738. The van der Waals surface area contributed by atoms with Gasteiger partial charge in [0.1, 0.15) is 6.10 Å². The number of likely N-dealkylation sites (tertiary alicyclic amines) is 1. The number of ether oxygens (including phenoxy) is 2. The number of aryl methyl sites for hydroxylation is 1. The molecule has 1 aliphatic rings. The van der Waals surface area contributed by atoms with Crippen molar-refractivity contribution in [3.63, 3.8) is 0 Å². The number of rotatable bonds is 5. The van der Waals surface area contributed by atoms with Crippen LogP contribution in [0.1, 0.15) is 18.5 Å². The highest BCUT2D eigenvalue weighted by molar-refractivity contribution is 5.74. The van der Waals surface area contributed by atoms with E-state index in [2.05, 4.69) is 15.5 Å². The summed E-state index contributed by atoms with van der Waals surface area (Å²) in [5, 5.41) is 10.8. The number of carbonyl (C=O) groups is 1. The number of nitrogens with zero attached hydrogens (tertiary/aromatic N) is 3. The molecule has 0 aromatic carbocycles. The first-order valence-electron chi connectivity index (χ1n) is 7.17. The van der Waals surface area contributed by atoms with Crippen molar-refractivity contribution in [1.82, 2.24) is 20.4 Å². The summed E-state index contributed by atoms with van der Waals surface area (Å²) in [4.78, 5) is 13.8. The molecule has 1 N–H and O–H groups in total. The van der Waals surface area contributed by atoms with Crippen molar-refractivity contribution in [3.8, 4) is 5.88 Å². The van der Waals surface area contributed by atoms with Crippen LogP contribution < -0.4 is 10.1 Å². The molecule has 116 valence electrons. The molecule has 1 atom stereocenters. The van der Waals surface area contributed by atoms with Crippen molar-refractivity contribution < 1.29 is 14.3 Å². The van der Waals surface area contributed by atoms with E-state index in [1.807, 2.05) is 13.0 Å². The van der Waals surface area contributed by atoms with Gasteiger partial charge >= 0.3 is 6.03 Å². The summed E-state index contributed by atoms with van der Waals surface area (Å²) >= 11 is 0. The SMILES string of the molecule is COCCNC(=O)N1CCC[C@@H](Oc2ccc(C)nn2)C1. The van der Waals surface area contributed by atoms with Crippen molar-refractivity contribution in [2.45, 2.75) is 25.9 Å². The zero-order valence-electron chi connectivity index (χ0n) is 12.5. The molecule has 2 amide bonds. The van der Waals surface area contributed by atoms with E-state index in [4.69, 9.17) is 9.47 Å². The quantitative estimate of drug-likeness (QED) is 0.819. The molecule has 7 heteroatoms. The van der Waals surface area contributed by atoms with Gasteiger partial charge in [0.25, 0.3) is 0 Å². The number of hydrogen-bond donors (Lipinski definition) is 1. The fourth-order valence-corrected chi connectivity index (χ4v) is 2.21. The van der Waals surface area contributed by atoms with Gasteiger partial charge in [0.15, 0.2) is 0 Å². The van der Waals surface area contributed by atoms with E-state index in [0.29, 0.717) is 25.6 Å². The number of nitrogens with one attached hydrogen (secondary N) is 1. The van der Waals surface area contributed by atoms with E-state index in [1.54, 1.807) is 18.1 Å². The molecule has 1 saturated heterocycles. The van der Waals surface area contributed by atoms with Gasteiger partial charge in [-0.1, -0.05) is 0 Å². The highest BCUT2D eigenvalue weighted by atomic mass is 16.5. The lowest BCUT2D eigenvalue weighted by molar-refractivity contribution is 0.0959. The Bertz CT molecular complexity index is 452. The van der Waals surface area contributed by atoms with E-state index in [1.165, 1.54) is 0 Å². The maximum absolute atomic E-state index is 12.0. The predicted molar refractivity (Wildman–Crippen MR) is 77.3 cm³/mol. The summed E-state index contributed by atoms with van der Waals surface area (Å²) in [7, 11) is 1.61. The first kappa shape index (κ1) is 15.5. The molecule has 0 unspecified atom stereocenters. The molecular formula is C14H22N4O3. The average molecular weight is 294 g/mol. The Morgan fingerprint density at radius 1 is 1.48 bits per heavy atom. The predicted octanol–water partition coefficient (Wildman–Crippen LogP) is 0.984. The topological polar surface area (TPSA) is 76.6 Å². The van der Waals surface area contributed by atoms with Gasteiger partial charge in [0, 0.05) is 26.3 Å². The van der Waals surface area contributed by atoms with Gasteiger partial charge in [0.05, 0.1) is 18.8 Å². The normalized spacial score (nSPS) is 18.4. The molecule has 0 saturated carbocycles. The van der Waals surface area contributed by atoms with E-state index < -0.39 is 0 Å². The van der Waals surface area contributed by atoms with Crippen LogP contribution in [0.25, 0.3) is 0 Å². The number of carbonyl (C=O) groups excluding carboxylic acids is 1. The number of piperidine rings is 1. The smallest absolute Gasteiger partial charge is 0.317 e. The molecule has 7 nitrogen and oxygen atoms in total. The van der Waals surface area contributed by atoms with Gasteiger partial charge in [-0.3, -0.25) is 0 Å². The van der Waals surface area contributed by atoms with Crippen molar-refractivity contribution in [2.75, 3.05) is 33.4 Å². The van der Waals surface area contributed by atoms with Crippen molar-refractivity contribution in [1.29, 1.82) is 0 Å². The Balaban J connectivity index is 1.82. The largest absolute Gasteiger partial charge is 0.471 e. The zero-order chi connectivity index (χ0) is 15.1. The van der Waals surface area contributed by atoms with Gasteiger partial charge in [-0.25, -0.2) is 4.79 Å². The van der Waals surface area contributed by atoms with E-state index in [0.717, 1.165) is 25.1 Å². The summed E-state index contributed by atoms with van der Waals surface area (Å²) in [5.41, 5.74) is 0.852. The molecule has 1 aromatic rings. The molecule has 2 rings (SSSR count). The molecule has 0 bridgehead atoms. The molecule has 21 heavy (non-hydrogen) atoms. The third-order valence-electron chi connectivity index (χ3n) is 3.31. The molecule has 1 aromatic heterocycles. The fourth-order valence-electron chi connectivity index (χ4n) is 2.21. The second-order valence-corrected chi connectivity index (χ2v) is 5.07. The van der Waals surface area contributed by atoms with Crippen LogP contribution in [0.3, 0.4) is 0 Å². The number of urea groups is 1. The average Bonchev–Trinajstić information content (AvgIpc) is 2.50. The molecular weight excluding hydrogens is 272 g/mol. The lowest BCUT2D eigenvalue weighted by Gasteiger charge is -2.32. The summed E-state index contributed by atoms with van der Waals surface area (Å²) in [5.74, 6) is 0.507. The molecule has 0 aliphatic carbocycles. The van der Waals surface area contributed by atoms with Crippen LogP contribution in [-0.4, -0.2) is 60.6 Å². The summed E-state index contributed by atoms with van der Waals surface area (Å²) in [6.45, 7) is 4.22. The van der Waals surface area contributed by atoms with Crippen molar-refractivity contribution in [2.24, 2.45) is 0 Å².